The van der Waals surface area contributed by atoms with Gasteiger partial charge in [-0.25, -0.2) is 9.97 Å². The molecular formula is C16H25N5. The molecule has 0 aliphatic heterocycles. The van der Waals surface area contributed by atoms with E-state index >= 15 is 0 Å². The predicted octanol–water partition coefficient (Wildman–Crippen LogP) is 3.18. The van der Waals surface area contributed by atoms with Crippen LogP contribution in [-0.4, -0.2) is 33.5 Å². The maximum Gasteiger partial charge on any atom is 0.180 e. The Hall–Kier alpha value is -1.78. The average Bonchev–Trinajstić information content (AvgIpc) is 3.19. The third-order valence-corrected chi connectivity index (χ3v) is 3.73. The van der Waals surface area contributed by atoms with Gasteiger partial charge in [0, 0.05) is 31.5 Å². The first kappa shape index (κ1) is 14.2. The molecule has 21 heavy (non-hydrogen) atoms. The molecule has 1 fully saturated rings. The minimum absolute atomic E-state index is 0.620. The van der Waals surface area contributed by atoms with E-state index in [2.05, 4.69) is 40.4 Å². The molecule has 5 nitrogen and oxygen atoms in total. The molecule has 0 atom stereocenters. The fourth-order valence-corrected chi connectivity index (χ4v) is 2.63. The van der Waals surface area contributed by atoms with Crippen molar-refractivity contribution >= 4 is 17.3 Å². The second-order valence-corrected chi connectivity index (χ2v) is 6.31. The van der Waals surface area contributed by atoms with E-state index in [1.165, 1.54) is 12.8 Å². The van der Waals surface area contributed by atoms with E-state index in [9.17, 15) is 0 Å². The van der Waals surface area contributed by atoms with Gasteiger partial charge >= 0.3 is 0 Å². The zero-order valence-corrected chi connectivity index (χ0v) is 13.2. The van der Waals surface area contributed by atoms with Crippen molar-refractivity contribution in [2.45, 2.75) is 46.1 Å². The first-order valence-corrected chi connectivity index (χ1v) is 8.03. The summed E-state index contributed by atoms with van der Waals surface area (Å²) < 4.78 is 2.08. The molecule has 0 radical (unpaired) electrons. The Kier molecular flexibility index (Phi) is 3.99. The Bertz CT molecular complexity index is 600. The molecule has 0 bridgehead atoms. The Morgan fingerprint density at radius 1 is 1.43 bits per heavy atom. The lowest BCUT2D eigenvalue weighted by molar-refractivity contribution is 0.603. The van der Waals surface area contributed by atoms with E-state index in [1.807, 2.05) is 18.6 Å². The van der Waals surface area contributed by atoms with Gasteiger partial charge in [0.15, 0.2) is 11.5 Å². The molecule has 5 heteroatoms. The molecule has 3 rings (SSSR count). The van der Waals surface area contributed by atoms with E-state index < -0.39 is 0 Å². The molecule has 0 spiro atoms. The van der Waals surface area contributed by atoms with Crippen molar-refractivity contribution in [2.24, 2.45) is 5.92 Å². The lowest BCUT2D eigenvalue weighted by Gasteiger charge is -2.26. The number of fused-ring (bicyclic) bond motifs is 1. The molecule has 1 saturated carbocycles. The summed E-state index contributed by atoms with van der Waals surface area (Å²) in [5, 5.41) is 3.40. The quantitative estimate of drug-likeness (QED) is 0.849. The molecule has 0 saturated heterocycles. The second-order valence-electron chi connectivity index (χ2n) is 6.31. The van der Waals surface area contributed by atoms with Gasteiger partial charge in [-0.3, -0.25) is 0 Å². The number of rotatable bonds is 7. The molecule has 1 aliphatic rings. The minimum atomic E-state index is 0.620. The van der Waals surface area contributed by atoms with Crippen LogP contribution in [0.15, 0.2) is 18.6 Å². The minimum Gasteiger partial charge on any atom is -0.369 e. The van der Waals surface area contributed by atoms with Crippen LogP contribution >= 0.6 is 0 Å². The third kappa shape index (κ3) is 3.12. The zero-order chi connectivity index (χ0) is 14.8. The van der Waals surface area contributed by atoms with Crippen molar-refractivity contribution in [3.63, 3.8) is 0 Å². The lowest BCUT2D eigenvalue weighted by atomic mass is 10.2. The summed E-state index contributed by atoms with van der Waals surface area (Å²) in [6.45, 7) is 8.67. The fraction of sp³-hybridized carbons (Fsp3) is 0.625. The molecule has 1 N–H and O–H groups in total. The molecule has 2 heterocycles. The van der Waals surface area contributed by atoms with Gasteiger partial charge in [-0.15, -0.1) is 0 Å². The Morgan fingerprint density at radius 3 is 2.90 bits per heavy atom. The highest BCUT2D eigenvalue weighted by molar-refractivity contribution is 5.67. The van der Waals surface area contributed by atoms with Gasteiger partial charge in [-0.2, -0.15) is 0 Å². The van der Waals surface area contributed by atoms with E-state index in [1.54, 1.807) is 0 Å². The molecule has 0 aromatic carbocycles. The number of hydrogen-bond acceptors (Lipinski definition) is 4. The molecule has 0 unspecified atom stereocenters. The largest absolute Gasteiger partial charge is 0.369 e. The highest BCUT2D eigenvalue weighted by Gasteiger charge is 2.32. The van der Waals surface area contributed by atoms with Crippen molar-refractivity contribution in [3.05, 3.63) is 18.6 Å². The first-order chi connectivity index (χ1) is 10.2. The highest BCUT2D eigenvalue weighted by Crippen LogP contribution is 2.33. The van der Waals surface area contributed by atoms with Crippen LogP contribution in [0.2, 0.25) is 0 Å². The van der Waals surface area contributed by atoms with Gasteiger partial charge in [0.1, 0.15) is 5.82 Å². The molecule has 114 valence electrons. The fourth-order valence-electron chi connectivity index (χ4n) is 2.63. The lowest BCUT2D eigenvalue weighted by Crippen LogP contribution is -2.31. The van der Waals surface area contributed by atoms with Gasteiger partial charge in [0.2, 0.25) is 0 Å². The van der Waals surface area contributed by atoms with Crippen molar-refractivity contribution in [1.29, 1.82) is 0 Å². The summed E-state index contributed by atoms with van der Waals surface area (Å²) in [5.41, 5.74) is 0.963. The van der Waals surface area contributed by atoms with Crippen LogP contribution in [0, 0.1) is 5.92 Å². The van der Waals surface area contributed by atoms with Crippen LogP contribution in [-0.2, 0) is 0 Å². The van der Waals surface area contributed by atoms with Crippen molar-refractivity contribution < 1.29 is 0 Å². The first-order valence-electron chi connectivity index (χ1n) is 8.03. The smallest absolute Gasteiger partial charge is 0.180 e. The monoisotopic (exact) mass is 287 g/mol. The Labute approximate surface area is 126 Å². The molecule has 2 aromatic heterocycles. The average molecular weight is 287 g/mol. The summed E-state index contributed by atoms with van der Waals surface area (Å²) in [5.74, 6) is 2.58. The molecular weight excluding hydrogens is 262 g/mol. The number of anilines is 2. The van der Waals surface area contributed by atoms with Crippen LogP contribution in [0.5, 0.6) is 0 Å². The maximum absolute atomic E-state index is 4.86. The molecule has 1 aliphatic carbocycles. The van der Waals surface area contributed by atoms with Crippen molar-refractivity contribution in [1.82, 2.24) is 14.4 Å². The Balaban J connectivity index is 1.99. The SMILES string of the molecule is CCCNc1cn2ccnc2c(N(CC(C)C)C2CC2)n1. The van der Waals surface area contributed by atoms with E-state index in [0.29, 0.717) is 12.0 Å². The highest BCUT2D eigenvalue weighted by atomic mass is 15.3. The standard InChI is InChI=1S/C16H25N5/c1-4-7-17-14-11-20-9-8-18-15(20)16(19-14)21(10-12(2)3)13-5-6-13/h8-9,11-13,17H,4-7,10H2,1-3H3. The van der Waals surface area contributed by atoms with Crippen LogP contribution in [0.4, 0.5) is 11.6 Å². The molecule has 2 aromatic rings. The number of hydrogen-bond donors (Lipinski definition) is 1. The summed E-state index contributed by atoms with van der Waals surface area (Å²) in [6.07, 6.45) is 9.52. The van der Waals surface area contributed by atoms with Gasteiger partial charge in [0.25, 0.3) is 0 Å². The zero-order valence-electron chi connectivity index (χ0n) is 13.2. The van der Waals surface area contributed by atoms with E-state index in [0.717, 1.165) is 36.8 Å². The van der Waals surface area contributed by atoms with E-state index in [4.69, 9.17) is 4.98 Å². The summed E-state index contributed by atoms with van der Waals surface area (Å²) in [6, 6.07) is 0.641. The predicted molar refractivity (Wildman–Crippen MR) is 87.0 cm³/mol. The number of aromatic nitrogens is 3. The van der Waals surface area contributed by atoms with Crippen molar-refractivity contribution in [2.75, 3.05) is 23.3 Å². The summed E-state index contributed by atoms with van der Waals surface area (Å²) >= 11 is 0. The van der Waals surface area contributed by atoms with Crippen LogP contribution in [0.3, 0.4) is 0 Å². The second kappa shape index (κ2) is 5.92. The van der Waals surface area contributed by atoms with Crippen LogP contribution in [0.1, 0.15) is 40.0 Å². The number of nitrogens with zero attached hydrogens (tertiary/aromatic N) is 4. The van der Waals surface area contributed by atoms with Gasteiger partial charge < -0.3 is 14.6 Å². The maximum atomic E-state index is 4.86. The number of nitrogens with one attached hydrogen (secondary N) is 1. The molecule has 0 amide bonds. The third-order valence-electron chi connectivity index (χ3n) is 3.73. The van der Waals surface area contributed by atoms with Gasteiger partial charge in [0.05, 0.1) is 6.20 Å². The van der Waals surface area contributed by atoms with Crippen LogP contribution < -0.4 is 10.2 Å². The van der Waals surface area contributed by atoms with Gasteiger partial charge in [-0.05, 0) is 25.2 Å². The summed E-state index contributed by atoms with van der Waals surface area (Å²) in [7, 11) is 0. The number of imidazole rings is 1. The Morgan fingerprint density at radius 2 is 2.24 bits per heavy atom. The summed E-state index contributed by atoms with van der Waals surface area (Å²) in [4.78, 5) is 11.8. The topological polar surface area (TPSA) is 45.5 Å². The van der Waals surface area contributed by atoms with Crippen LogP contribution in [0.25, 0.3) is 5.65 Å². The van der Waals surface area contributed by atoms with Gasteiger partial charge in [-0.1, -0.05) is 20.8 Å². The van der Waals surface area contributed by atoms with Crippen molar-refractivity contribution in [3.8, 4) is 0 Å². The normalized spacial score (nSPS) is 14.9. The van der Waals surface area contributed by atoms with E-state index in [-0.39, 0.29) is 0 Å².